The largest absolute Gasteiger partial charge is 0.453 e. The third-order valence-electron chi connectivity index (χ3n) is 9.69. The summed E-state index contributed by atoms with van der Waals surface area (Å²) in [4.78, 5) is 57.7. The van der Waals surface area contributed by atoms with Crippen molar-refractivity contribution in [3.8, 4) is 33.6 Å². The maximum Gasteiger partial charge on any atom is 0.407 e. The normalized spacial score (nSPS) is 18.2. The van der Waals surface area contributed by atoms with E-state index < -0.39 is 12.1 Å². The molecule has 2 aromatic carbocycles. The number of H-pyrrole nitrogens is 2. The van der Waals surface area contributed by atoms with E-state index in [9.17, 15) is 14.4 Å². The summed E-state index contributed by atoms with van der Waals surface area (Å²) in [7, 11) is 1.28. The highest BCUT2D eigenvalue weighted by Gasteiger charge is 2.37. The van der Waals surface area contributed by atoms with Gasteiger partial charge in [-0.3, -0.25) is 9.59 Å². The van der Waals surface area contributed by atoms with Crippen LogP contribution < -0.4 is 5.32 Å². The minimum atomic E-state index is -0.699. The Morgan fingerprint density at radius 1 is 0.860 bits per heavy atom. The van der Waals surface area contributed by atoms with Crippen LogP contribution >= 0.6 is 0 Å². The molecule has 50 heavy (non-hydrogen) atoms. The molecule has 264 valence electrons. The Kier molecular flexibility index (Phi) is 10.4. The highest BCUT2D eigenvalue weighted by molar-refractivity contribution is 5.86. The third-order valence-corrected chi connectivity index (χ3v) is 9.69. The number of nitrogens with one attached hydrogen (secondary N) is 3. The van der Waals surface area contributed by atoms with Gasteiger partial charge in [0, 0.05) is 25.1 Å². The minimum Gasteiger partial charge on any atom is -0.453 e. The van der Waals surface area contributed by atoms with Gasteiger partial charge in [0.1, 0.15) is 23.5 Å². The maximum absolute atomic E-state index is 15.5. The predicted octanol–water partition coefficient (Wildman–Crippen LogP) is 7.03. The van der Waals surface area contributed by atoms with Crippen LogP contribution in [0.25, 0.3) is 33.6 Å². The Morgan fingerprint density at radius 3 is 2.06 bits per heavy atom. The first-order valence-electron chi connectivity index (χ1n) is 17.5. The van der Waals surface area contributed by atoms with Crippen LogP contribution in [0, 0.1) is 17.7 Å². The fraction of sp³-hybridized carbons (Fsp3) is 0.447. The first-order valence-corrected chi connectivity index (χ1v) is 17.5. The van der Waals surface area contributed by atoms with Crippen molar-refractivity contribution in [3.05, 3.63) is 72.3 Å². The number of amides is 3. The molecule has 4 heterocycles. The Balaban J connectivity index is 1.13. The lowest BCUT2D eigenvalue weighted by atomic mass is 10.0. The van der Waals surface area contributed by atoms with E-state index in [0.29, 0.717) is 42.4 Å². The molecule has 3 atom stereocenters. The highest BCUT2D eigenvalue weighted by Crippen LogP contribution is 2.35. The van der Waals surface area contributed by atoms with E-state index in [-0.39, 0.29) is 41.6 Å². The van der Waals surface area contributed by atoms with Crippen molar-refractivity contribution in [1.29, 1.82) is 0 Å². The van der Waals surface area contributed by atoms with Gasteiger partial charge in [-0.1, -0.05) is 58.0 Å². The van der Waals surface area contributed by atoms with E-state index in [1.807, 2.05) is 62.9 Å². The molecule has 3 amide bonds. The van der Waals surface area contributed by atoms with E-state index in [2.05, 4.69) is 25.3 Å². The van der Waals surface area contributed by atoms with Crippen LogP contribution in [0.5, 0.6) is 0 Å². The van der Waals surface area contributed by atoms with Gasteiger partial charge in [0.2, 0.25) is 11.8 Å². The van der Waals surface area contributed by atoms with Crippen LogP contribution in [-0.2, 0) is 14.3 Å². The number of benzene rings is 2. The standard InChI is InChI=1S/C38H46FN7O4/c1-22(2)18-33(47)45-16-6-8-31(45)35-41-21-30(43-35)27-15-14-26(19-28(27)39)24-10-12-25(13-11-24)29-20-40-36(42-29)32-9-7-17-46(32)37(48)34(23(3)4)44-38(49)50-5/h10-15,19-23,31-32,34H,6-9,16-18H2,1-5H3,(H,40,42)(H,41,43)(H,44,49)/t31-,32-,34-/m0/s1. The zero-order chi connectivity index (χ0) is 35.5. The van der Waals surface area contributed by atoms with E-state index in [4.69, 9.17) is 4.74 Å². The summed E-state index contributed by atoms with van der Waals surface area (Å²) in [6.07, 6.45) is 6.63. The van der Waals surface area contributed by atoms with Crippen LogP contribution in [0.15, 0.2) is 54.9 Å². The van der Waals surface area contributed by atoms with Gasteiger partial charge in [-0.25, -0.2) is 19.2 Å². The van der Waals surface area contributed by atoms with Crippen molar-refractivity contribution in [2.75, 3.05) is 20.2 Å². The number of imidazole rings is 2. The molecular formula is C38H46FN7O4. The molecule has 0 radical (unpaired) electrons. The quantitative estimate of drug-likeness (QED) is 0.164. The number of aromatic nitrogens is 4. The van der Waals surface area contributed by atoms with Gasteiger partial charge in [-0.15, -0.1) is 0 Å². The number of rotatable bonds is 10. The molecule has 2 aliphatic heterocycles. The first-order chi connectivity index (χ1) is 24.0. The van der Waals surface area contributed by atoms with Crippen LogP contribution in [0.1, 0.15) is 83.5 Å². The number of ether oxygens (including phenoxy) is 1. The molecule has 0 saturated carbocycles. The molecule has 2 saturated heterocycles. The van der Waals surface area contributed by atoms with Crippen molar-refractivity contribution in [3.63, 3.8) is 0 Å². The minimum absolute atomic E-state index is 0.114. The molecule has 0 unspecified atom stereocenters. The number of nitrogens with zero attached hydrogens (tertiary/aromatic N) is 4. The number of hydrogen-bond acceptors (Lipinski definition) is 6. The number of likely N-dealkylation sites (tertiary alicyclic amines) is 2. The fourth-order valence-electron chi connectivity index (χ4n) is 7.06. The molecular weight excluding hydrogens is 637 g/mol. The number of carbonyl (C=O) groups is 3. The SMILES string of the molecule is COC(=O)N[C@H](C(=O)N1CCC[C@H]1c1ncc(-c2ccc(-c3ccc(-c4cnc([C@@H]5CCCN5C(=O)CC(C)C)[nH]4)c(F)c3)cc2)[nH]1)C(C)C. The van der Waals surface area contributed by atoms with Gasteiger partial charge in [-0.2, -0.15) is 0 Å². The number of alkyl carbamates (subject to hydrolysis) is 1. The third kappa shape index (κ3) is 7.29. The average Bonchev–Trinajstić information content (AvgIpc) is 3.93. The lowest BCUT2D eigenvalue weighted by Crippen LogP contribution is -2.51. The molecule has 2 aliphatic rings. The van der Waals surface area contributed by atoms with Crippen LogP contribution in [0.4, 0.5) is 9.18 Å². The Labute approximate surface area is 292 Å². The topological polar surface area (TPSA) is 136 Å². The van der Waals surface area contributed by atoms with Crippen LogP contribution in [0.3, 0.4) is 0 Å². The van der Waals surface area contributed by atoms with Crippen molar-refractivity contribution < 1.29 is 23.5 Å². The highest BCUT2D eigenvalue weighted by atomic mass is 19.1. The van der Waals surface area contributed by atoms with E-state index in [1.54, 1.807) is 23.4 Å². The lowest BCUT2D eigenvalue weighted by Gasteiger charge is -2.30. The van der Waals surface area contributed by atoms with Gasteiger partial charge in [0.15, 0.2) is 0 Å². The van der Waals surface area contributed by atoms with Gasteiger partial charge in [0.25, 0.3) is 0 Å². The second-order valence-corrected chi connectivity index (χ2v) is 14.0. The van der Waals surface area contributed by atoms with E-state index in [0.717, 1.165) is 48.1 Å². The number of methoxy groups -OCH3 is 1. The predicted molar refractivity (Wildman–Crippen MR) is 188 cm³/mol. The van der Waals surface area contributed by atoms with E-state index in [1.165, 1.54) is 13.2 Å². The number of aromatic amines is 2. The van der Waals surface area contributed by atoms with Gasteiger partial charge < -0.3 is 29.8 Å². The molecule has 0 bridgehead atoms. The zero-order valence-electron chi connectivity index (χ0n) is 29.3. The lowest BCUT2D eigenvalue weighted by molar-refractivity contribution is -0.135. The molecule has 11 nitrogen and oxygen atoms in total. The monoisotopic (exact) mass is 683 g/mol. The van der Waals surface area contributed by atoms with Crippen molar-refractivity contribution in [2.45, 2.75) is 77.9 Å². The molecule has 2 fully saturated rings. The molecule has 0 spiro atoms. The van der Waals surface area contributed by atoms with Crippen molar-refractivity contribution >= 4 is 17.9 Å². The van der Waals surface area contributed by atoms with Crippen molar-refractivity contribution in [2.24, 2.45) is 11.8 Å². The number of carbonyl (C=O) groups excluding carboxylic acids is 3. The zero-order valence-corrected chi connectivity index (χ0v) is 29.3. The van der Waals surface area contributed by atoms with Gasteiger partial charge in [0.05, 0.1) is 43.0 Å². The van der Waals surface area contributed by atoms with Crippen LogP contribution in [0.2, 0.25) is 0 Å². The Bertz CT molecular complexity index is 1830. The average molecular weight is 684 g/mol. The summed E-state index contributed by atoms with van der Waals surface area (Å²) in [6, 6.07) is 11.9. The first kappa shape index (κ1) is 34.8. The Morgan fingerprint density at radius 2 is 1.44 bits per heavy atom. The Hall–Kier alpha value is -5.00. The van der Waals surface area contributed by atoms with E-state index >= 15 is 4.39 Å². The molecule has 2 aromatic heterocycles. The summed E-state index contributed by atoms with van der Waals surface area (Å²) >= 11 is 0. The number of hydrogen-bond donors (Lipinski definition) is 3. The molecule has 6 rings (SSSR count). The fourth-order valence-corrected chi connectivity index (χ4v) is 7.06. The van der Waals surface area contributed by atoms with Crippen molar-refractivity contribution in [1.82, 2.24) is 35.1 Å². The summed E-state index contributed by atoms with van der Waals surface area (Å²) in [5, 5.41) is 2.68. The molecule has 0 aliphatic carbocycles. The van der Waals surface area contributed by atoms with Gasteiger partial charge >= 0.3 is 6.09 Å². The molecule has 4 aromatic rings. The summed E-state index contributed by atoms with van der Waals surface area (Å²) < 4.78 is 20.3. The summed E-state index contributed by atoms with van der Waals surface area (Å²) in [5.74, 6) is 1.17. The molecule has 3 N–H and O–H groups in total. The van der Waals surface area contributed by atoms with Gasteiger partial charge in [-0.05, 0) is 66.3 Å². The van der Waals surface area contributed by atoms with Crippen LogP contribution in [-0.4, -0.2) is 73.9 Å². The molecule has 12 heteroatoms. The second-order valence-electron chi connectivity index (χ2n) is 14.0. The maximum atomic E-state index is 15.5. The smallest absolute Gasteiger partial charge is 0.407 e. The number of halogens is 1. The second kappa shape index (κ2) is 14.9. The summed E-state index contributed by atoms with van der Waals surface area (Å²) in [5.41, 5.74) is 4.32. The summed E-state index contributed by atoms with van der Waals surface area (Å²) in [6.45, 7) is 9.15.